The van der Waals surface area contributed by atoms with Crippen LogP contribution in [-0.4, -0.2) is 52.9 Å². The van der Waals surface area contributed by atoms with Crippen molar-refractivity contribution < 1.29 is 19.8 Å². The molecule has 6 heteroatoms. The highest BCUT2D eigenvalue weighted by molar-refractivity contribution is 5.82. The summed E-state index contributed by atoms with van der Waals surface area (Å²) < 4.78 is 0. The Labute approximate surface area is 113 Å². The Morgan fingerprint density at radius 1 is 1.37 bits per heavy atom. The molecular weight excluding hydrogens is 248 g/mol. The van der Waals surface area contributed by atoms with E-state index in [0.29, 0.717) is 19.5 Å². The first-order chi connectivity index (χ1) is 9.08. The molecule has 1 atom stereocenters. The third-order valence-corrected chi connectivity index (χ3v) is 3.60. The molecule has 1 saturated heterocycles. The van der Waals surface area contributed by atoms with Gasteiger partial charge in [0.15, 0.2) is 0 Å². The lowest BCUT2D eigenvalue weighted by Crippen LogP contribution is -2.50. The van der Waals surface area contributed by atoms with Crippen LogP contribution in [0.2, 0.25) is 0 Å². The standard InChI is InChI=1S/C13H24N2O4/c1-2-3-4-11(12(17)18)14-13(19)15-7-5-10(9-16)6-8-15/h10-11,16H,2-9H2,1H3,(H,14,19)(H,17,18). The molecule has 1 rings (SSSR count). The molecule has 1 fully saturated rings. The fourth-order valence-electron chi connectivity index (χ4n) is 2.22. The van der Waals surface area contributed by atoms with Crippen LogP contribution in [0.3, 0.4) is 0 Å². The number of nitrogens with one attached hydrogen (secondary N) is 1. The van der Waals surface area contributed by atoms with Crippen LogP contribution in [0.5, 0.6) is 0 Å². The molecule has 0 aromatic carbocycles. The molecule has 0 aromatic rings. The van der Waals surface area contributed by atoms with E-state index in [1.54, 1.807) is 4.90 Å². The van der Waals surface area contributed by atoms with Crippen LogP contribution < -0.4 is 5.32 Å². The number of likely N-dealkylation sites (tertiary alicyclic amines) is 1. The van der Waals surface area contributed by atoms with Gasteiger partial charge < -0.3 is 20.4 Å². The summed E-state index contributed by atoms with van der Waals surface area (Å²) in [4.78, 5) is 24.6. The second-order valence-corrected chi connectivity index (χ2v) is 5.10. The van der Waals surface area contributed by atoms with Gasteiger partial charge in [-0.25, -0.2) is 9.59 Å². The SMILES string of the molecule is CCCCC(NC(=O)N1CCC(CO)CC1)C(=O)O. The van der Waals surface area contributed by atoms with Gasteiger partial charge in [0.1, 0.15) is 6.04 Å². The number of urea groups is 1. The van der Waals surface area contributed by atoms with Crippen LogP contribution in [0.4, 0.5) is 4.79 Å². The monoisotopic (exact) mass is 272 g/mol. The van der Waals surface area contributed by atoms with Crippen LogP contribution >= 0.6 is 0 Å². The molecule has 0 aromatic heterocycles. The molecule has 6 nitrogen and oxygen atoms in total. The van der Waals surface area contributed by atoms with Crippen LogP contribution in [-0.2, 0) is 4.79 Å². The Morgan fingerprint density at radius 3 is 2.47 bits per heavy atom. The first-order valence-corrected chi connectivity index (χ1v) is 6.97. The predicted molar refractivity (Wildman–Crippen MR) is 70.9 cm³/mol. The third kappa shape index (κ3) is 5.06. The van der Waals surface area contributed by atoms with Gasteiger partial charge in [0.2, 0.25) is 0 Å². The second kappa shape index (κ2) is 7.99. The van der Waals surface area contributed by atoms with E-state index in [4.69, 9.17) is 10.2 Å². The van der Waals surface area contributed by atoms with Crippen LogP contribution in [0.15, 0.2) is 0 Å². The summed E-state index contributed by atoms with van der Waals surface area (Å²) in [6.07, 6.45) is 3.70. The normalized spacial score (nSPS) is 18.1. The summed E-state index contributed by atoms with van der Waals surface area (Å²) in [5.74, 6) is -0.716. The summed E-state index contributed by atoms with van der Waals surface area (Å²) in [6, 6.07) is -1.11. The summed E-state index contributed by atoms with van der Waals surface area (Å²) in [5.41, 5.74) is 0. The molecule has 1 unspecified atom stereocenters. The van der Waals surface area contributed by atoms with Crippen molar-refractivity contribution in [3.05, 3.63) is 0 Å². The predicted octanol–water partition coefficient (Wildman–Crippen LogP) is 1.04. The Bertz CT molecular complexity index is 301. The first kappa shape index (κ1) is 15.8. The maximum atomic E-state index is 12.0. The minimum atomic E-state index is -0.980. The molecule has 19 heavy (non-hydrogen) atoms. The topological polar surface area (TPSA) is 89.9 Å². The van der Waals surface area contributed by atoms with Gasteiger partial charge >= 0.3 is 12.0 Å². The van der Waals surface area contributed by atoms with Gasteiger partial charge in [0, 0.05) is 19.7 Å². The van der Waals surface area contributed by atoms with Gasteiger partial charge in [0.25, 0.3) is 0 Å². The molecule has 0 bridgehead atoms. The highest BCUT2D eigenvalue weighted by Crippen LogP contribution is 2.16. The number of aliphatic hydroxyl groups is 1. The van der Waals surface area contributed by atoms with E-state index in [1.807, 2.05) is 6.92 Å². The highest BCUT2D eigenvalue weighted by atomic mass is 16.4. The Kier molecular flexibility index (Phi) is 6.62. The Morgan fingerprint density at radius 2 is 2.00 bits per heavy atom. The highest BCUT2D eigenvalue weighted by Gasteiger charge is 2.26. The number of nitrogens with zero attached hydrogens (tertiary/aromatic N) is 1. The average molecular weight is 272 g/mol. The number of carboxylic acids is 1. The number of aliphatic carboxylic acids is 1. The summed E-state index contributed by atoms with van der Waals surface area (Å²) in [5, 5.41) is 20.7. The molecule has 0 spiro atoms. The molecule has 1 aliphatic rings. The molecule has 0 radical (unpaired) electrons. The molecule has 0 aliphatic carbocycles. The summed E-state index contributed by atoms with van der Waals surface area (Å²) in [7, 11) is 0. The van der Waals surface area contributed by atoms with E-state index in [1.165, 1.54) is 0 Å². The van der Waals surface area contributed by atoms with Crippen molar-refractivity contribution in [1.82, 2.24) is 10.2 Å². The molecular formula is C13H24N2O4. The van der Waals surface area contributed by atoms with Crippen molar-refractivity contribution in [1.29, 1.82) is 0 Å². The smallest absolute Gasteiger partial charge is 0.326 e. The van der Waals surface area contributed by atoms with E-state index >= 15 is 0 Å². The van der Waals surface area contributed by atoms with Gasteiger partial charge in [-0.3, -0.25) is 0 Å². The molecule has 110 valence electrons. The Balaban J connectivity index is 2.42. The van der Waals surface area contributed by atoms with Crippen LogP contribution in [0, 0.1) is 5.92 Å². The van der Waals surface area contributed by atoms with E-state index in [-0.39, 0.29) is 18.6 Å². The number of unbranched alkanes of at least 4 members (excludes halogenated alkanes) is 1. The minimum Gasteiger partial charge on any atom is -0.480 e. The van der Waals surface area contributed by atoms with Gasteiger partial charge in [-0.2, -0.15) is 0 Å². The van der Waals surface area contributed by atoms with E-state index < -0.39 is 12.0 Å². The number of rotatable bonds is 6. The number of aliphatic hydroxyl groups excluding tert-OH is 1. The fourth-order valence-corrected chi connectivity index (χ4v) is 2.22. The van der Waals surface area contributed by atoms with Gasteiger partial charge in [-0.05, 0) is 25.2 Å². The molecule has 2 amide bonds. The maximum absolute atomic E-state index is 12.0. The zero-order chi connectivity index (χ0) is 14.3. The van der Waals surface area contributed by atoms with Crippen molar-refractivity contribution in [2.24, 2.45) is 5.92 Å². The lowest BCUT2D eigenvalue weighted by Gasteiger charge is -2.32. The number of hydrogen-bond acceptors (Lipinski definition) is 3. The molecule has 1 aliphatic heterocycles. The van der Waals surface area contributed by atoms with Crippen LogP contribution in [0.25, 0.3) is 0 Å². The number of hydrogen-bond donors (Lipinski definition) is 3. The second-order valence-electron chi connectivity index (χ2n) is 5.10. The third-order valence-electron chi connectivity index (χ3n) is 3.60. The fraction of sp³-hybridized carbons (Fsp3) is 0.846. The van der Waals surface area contributed by atoms with E-state index in [0.717, 1.165) is 25.7 Å². The number of carbonyl (C=O) groups is 2. The molecule has 3 N–H and O–H groups in total. The number of carbonyl (C=O) groups excluding carboxylic acids is 1. The maximum Gasteiger partial charge on any atom is 0.326 e. The van der Waals surface area contributed by atoms with Crippen molar-refractivity contribution in [3.8, 4) is 0 Å². The van der Waals surface area contributed by atoms with Gasteiger partial charge in [-0.1, -0.05) is 19.8 Å². The summed E-state index contributed by atoms with van der Waals surface area (Å²) >= 11 is 0. The van der Waals surface area contributed by atoms with E-state index in [9.17, 15) is 9.59 Å². The average Bonchev–Trinajstić information content (AvgIpc) is 2.43. The molecule has 0 saturated carbocycles. The number of amides is 2. The zero-order valence-corrected chi connectivity index (χ0v) is 11.5. The van der Waals surface area contributed by atoms with Gasteiger partial charge in [-0.15, -0.1) is 0 Å². The minimum absolute atomic E-state index is 0.156. The lowest BCUT2D eigenvalue weighted by molar-refractivity contribution is -0.139. The zero-order valence-electron chi connectivity index (χ0n) is 11.5. The van der Waals surface area contributed by atoms with Crippen molar-refractivity contribution in [2.75, 3.05) is 19.7 Å². The van der Waals surface area contributed by atoms with Crippen molar-refractivity contribution in [2.45, 2.75) is 45.1 Å². The lowest BCUT2D eigenvalue weighted by atomic mass is 9.98. The number of piperidine rings is 1. The number of carboxylic acid groups (broad SMARTS) is 1. The quantitative estimate of drug-likeness (QED) is 0.674. The largest absolute Gasteiger partial charge is 0.480 e. The first-order valence-electron chi connectivity index (χ1n) is 6.97. The van der Waals surface area contributed by atoms with Crippen molar-refractivity contribution in [3.63, 3.8) is 0 Å². The molecule has 1 heterocycles. The Hall–Kier alpha value is -1.30. The summed E-state index contributed by atoms with van der Waals surface area (Å²) in [6.45, 7) is 3.30. The van der Waals surface area contributed by atoms with Crippen molar-refractivity contribution >= 4 is 12.0 Å². The van der Waals surface area contributed by atoms with Gasteiger partial charge in [0.05, 0.1) is 0 Å². The van der Waals surface area contributed by atoms with E-state index in [2.05, 4.69) is 5.32 Å². The van der Waals surface area contributed by atoms with Crippen LogP contribution in [0.1, 0.15) is 39.0 Å².